The van der Waals surface area contributed by atoms with E-state index in [-0.39, 0.29) is 17.4 Å². The summed E-state index contributed by atoms with van der Waals surface area (Å²) >= 11 is 0. The van der Waals surface area contributed by atoms with Crippen molar-refractivity contribution in [1.82, 2.24) is 14.4 Å². The van der Waals surface area contributed by atoms with Gasteiger partial charge in [0.05, 0.1) is 5.69 Å². The third-order valence-electron chi connectivity index (χ3n) is 7.11. The molecule has 0 saturated carbocycles. The van der Waals surface area contributed by atoms with Crippen molar-refractivity contribution in [3.05, 3.63) is 64.1 Å². The lowest BCUT2D eigenvalue weighted by atomic mass is 9.81. The standard InChI is InChI=1S/C24H30N4O2/c1-26-11-9-20(10-12-26)27-14-17-13-19(16-27)23-21(7-8-22(29)28(23)15-17)25-24(30)18-5-3-2-4-6-18/h2-8,17,19-20H,9-16H2,1H3,(H,25,30)/t17-,19-/m1/s1. The Morgan fingerprint density at radius 1 is 1.00 bits per heavy atom. The minimum absolute atomic E-state index is 0.0464. The van der Waals surface area contributed by atoms with Crippen LogP contribution in [0.15, 0.2) is 47.3 Å². The highest BCUT2D eigenvalue weighted by Gasteiger charge is 2.39. The van der Waals surface area contributed by atoms with Gasteiger partial charge in [0.25, 0.3) is 11.5 Å². The van der Waals surface area contributed by atoms with Crippen LogP contribution in [0.25, 0.3) is 0 Å². The maximum absolute atomic E-state index is 12.8. The highest BCUT2D eigenvalue weighted by Crippen LogP contribution is 2.40. The Morgan fingerprint density at radius 2 is 1.77 bits per heavy atom. The van der Waals surface area contributed by atoms with E-state index in [1.807, 2.05) is 34.9 Å². The Balaban J connectivity index is 1.42. The van der Waals surface area contributed by atoms with E-state index in [4.69, 9.17) is 0 Å². The summed E-state index contributed by atoms with van der Waals surface area (Å²) in [5.74, 6) is 0.674. The maximum atomic E-state index is 12.8. The SMILES string of the molecule is CN1CCC(N2C[C@H]3C[C@H](C2)c2c(NC(=O)c4ccccc4)ccc(=O)n2C3)CC1. The molecule has 1 amide bonds. The van der Waals surface area contributed by atoms with Gasteiger partial charge >= 0.3 is 0 Å². The van der Waals surface area contributed by atoms with Crippen LogP contribution >= 0.6 is 0 Å². The zero-order chi connectivity index (χ0) is 20.7. The van der Waals surface area contributed by atoms with Crippen molar-refractivity contribution >= 4 is 11.6 Å². The molecule has 0 radical (unpaired) electrons. The number of benzene rings is 1. The van der Waals surface area contributed by atoms with Crippen LogP contribution in [0.3, 0.4) is 0 Å². The van der Waals surface area contributed by atoms with Crippen LogP contribution in [0.1, 0.15) is 41.2 Å². The lowest BCUT2D eigenvalue weighted by Gasteiger charge is -2.47. The number of nitrogens with one attached hydrogen (secondary N) is 1. The van der Waals surface area contributed by atoms with Crippen molar-refractivity contribution in [2.24, 2.45) is 5.92 Å². The molecule has 2 saturated heterocycles. The van der Waals surface area contributed by atoms with E-state index in [0.717, 1.165) is 50.5 Å². The van der Waals surface area contributed by atoms with Gasteiger partial charge in [-0.1, -0.05) is 18.2 Å². The van der Waals surface area contributed by atoms with E-state index in [2.05, 4.69) is 22.2 Å². The molecule has 2 fully saturated rings. The first-order valence-corrected chi connectivity index (χ1v) is 11.1. The smallest absolute Gasteiger partial charge is 0.255 e. The van der Waals surface area contributed by atoms with Gasteiger partial charge in [0.2, 0.25) is 0 Å². The number of carbonyl (C=O) groups is 1. The molecular weight excluding hydrogens is 376 g/mol. The fourth-order valence-corrected chi connectivity index (χ4v) is 5.60. The number of rotatable bonds is 3. The Hall–Kier alpha value is -2.44. The van der Waals surface area contributed by atoms with Gasteiger partial charge in [-0.05, 0) is 63.5 Å². The normalized spacial score (nSPS) is 25.0. The van der Waals surface area contributed by atoms with E-state index in [9.17, 15) is 9.59 Å². The molecule has 6 nitrogen and oxygen atoms in total. The molecule has 30 heavy (non-hydrogen) atoms. The molecule has 158 valence electrons. The number of pyridine rings is 1. The van der Waals surface area contributed by atoms with E-state index in [1.54, 1.807) is 12.1 Å². The molecule has 0 unspecified atom stereocenters. The van der Waals surface area contributed by atoms with Gasteiger partial charge in [0.15, 0.2) is 0 Å². The monoisotopic (exact) mass is 406 g/mol. The fraction of sp³-hybridized carbons (Fsp3) is 0.500. The summed E-state index contributed by atoms with van der Waals surface area (Å²) in [7, 11) is 2.20. The Kier molecular flexibility index (Phi) is 5.21. The van der Waals surface area contributed by atoms with Crippen LogP contribution in [-0.4, -0.2) is 59.5 Å². The predicted octanol–water partition coefficient (Wildman–Crippen LogP) is 2.61. The van der Waals surface area contributed by atoms with Crippen LogP contribution in [0.2, 0.25) is 0 Å². The average molecular weight is 407 g/mol. The second-order valence-corrected chi connectivity index (χ2v) is 9.19. The quantitative estimate of drug-likeness (QED) is 0.851. The van der Waals surface area contributed by atoms with Gasteiger partial charge in [0, 0.05) is 48.9 Å². The van der Waals surface area contributed by atoms with E-state index in [0.29, 0.717) is 17.5 Å². The third-order valence-corrected chi connectivity index (χ3v) is 7.11. The number of amides is 1. The molecule has 6 heteroatoms. The van der Waals surface area contributed by atoms with Crippen molar-refractivity contribution in [3.8, 4) is 0 Å². The number of aromatic nitrogens is 1. The number of hydrogen-bond donors (Lipinski definition) is 1. The van der Waals surface area contributed by atoms with Crippen molar-refractivity contribution in [1.29, 1.82) is 0 Å². The number of nitrogens with zero attached hydrogens (tertiary/aromatic N) is 3. The second-order valence-electron chi connectivity index (χ2n) is 9.19. The number of carbonyl (C=O) groups excluding carboxylic acids is 1. The topological polar surface area (TPSA) is 57.6 Å². The summed E-state index contributed by atoms with van der Waals surface area (Å²) < 4.78 is 1.92. The lowest BCUT2D eigenvalue weighted by Crippen LogP contribution is -2.53. The van der Waals surface area contributed by atoms with Crippen LogP contribution < -0.4 is 10.9 Å². The molecule has 4 heterocycles. The first-order chi connectivity index (χ1) is 14.6. The van der Waals surface area contributed by atoms with Crippen molar-refractivity contribution in [2.75, 3.05) is 38.5 Å². The van der Waals surface area contributed by atoms with Gasteiger partial charge in [-0.3, -0.25) is 14.5 Å². The minimum Gasteiger partial charge on any atom is -0.320 e. The highest BCUT2D eigenvalue weighted by molar-refractivity contribution is 6.04. The van der Waals surface area contributed by atoms with Gasteiger partial charge < -0.3 is 14.8 Å². The molecule has 2 bridgehead atoms. The molecule has 3 aliphatic heterocycles. The summed E-state index contributed by atoms with van der Waals surface area (Å²) in [5.41, 5.74) is 2.48. The van der Waals surface area contributed by atoms with Crippen molar-refractivity contribution in [2.45, 2.75) is 37.8 Å². The third kappa shape index (κ3) is 3.70. The van der Waals surface area contributed by atoms with Gasteiger partial charge in [-0.25, -0.2) is 0 Å². The summed E-state index contributed by atoms with van der Waals surface area (Å²) in [6.07, 6.45) is 3.53. The zero-order valence-electron chi connectivity index (χ0n) is 17.6. The summed E-state index contributed by atoms with van der Waals surface area (Å²) in [6.45, 7) is 5.12. The minimum atomic E-state index is -0.123. The lowest BCUT2D eigenvalue weighted by molar-refractivity contribution is 0.0519. The average Bonchev–Trinajstić information content (AvgIpc) is 2.76. The molecule has 0 aliphatic carbocycles. The molecule has 1 N–H and O–H groups in total. The van der Waals surface area contributed by atoms with Crippen LogP contribution in [0.5, 0.6) is 0 Å². The second kappa shape index (κ2) is 8.00. The number of likely N-dealkylation sites (tertiary alicyclic amines) is 2. The van der Waals surface area contributed by atoms with E-state index in [1.165, 1.54) is 12.8 Å². The maximum Gasteiger partial charge on any atom is 0.255 e. The van der Waals surface area contributed by atoms with Gasteiger partial charge in [-0.15, -0.1) is 0 Å². The van der Waals surface area contributed by atoms with E-state index >= 15 is 0 Å². The van der Waals surface area contributed by atoms with Gasteiger partial charge in [0.1, 0.15) is 0 Å². The Bertz CT molecular complexity index is 978. The molecule has 1 aromatic heterocycles. The fourth-order valence-electron chi connectivity index (χ4n) is 5.60. The first kappa shape index (κ1) is 19.5. The molecule has 0 spiro atoms. The largest absolute Gasteiger partial charge is 0.320 e. The Morgan fingerprint density at radius 3 is 2.53 bits per heavy atom. The summed E-state index contributed by atoms with van der Waals surface area (Å²) in [5, 5.41) is 3.09. The predicted molar refractivity (Wildman–Crippen MR) is 118 cm³/mol. The van der Waals surface area contributed by atoms with Crippen molar-refractivity contribution < 1.29 is 4.79 Å². The van der Waals surface area contributed by atoms with Crippen LogP contribution in [0.4, 0.5) is 5.69 Å². The van der Waals surface area contributed by atoms with E-state index < -0.39 is 0 Å². The summed E-state index contributed by atoms with van der Waals surface area (Å²) in [4.78, 5) is 30.5. The number of fused-ring (bicyclic) bond motifs is 4. The molecule has 1 aromatic carbocycles. The molecule has 5 rings (SSSR count). The van der Waals surface area contributed by atoms with Crippen LogP contribution in [-0.2, 0) is 6.54 Å². The molecule has 2 aromatic rings. The molecule has 2 atom stereocenters. The first-order valence-electron chi connectivity index (χ1n) is 11.1. The Labute approximate surface area is 177 Å². The number of piperidine rings is 2. The number of hydrogen-bond acceptors (Lipinski definition) is 4. The summed E-state index contributed by atoms with van der Waals surface area (Å²) in [6, 6.07) is 13.3. The molecular formula is C24H30N4O2. The number of anilines is 1. The van der Waals surface area contributed by atoms with Crippen LogP contribution in [0, 0.1) is 5.92 Å². The van der Waals surface area contributed by atoms with Gasteiger partial charge in [-0.2, -0.15) is 0 Å². The zero-order valence-corrected chi connectivity index (χ0v) is 17.6. The highest BCUT2D eigenvalue weighted by atomic mass is 16.1. The van der Waals surface area contributed by atoms with Crippen molar-refractivity contribution in [3.63, 3.8) is 0 Å². The molecule has 3 aliphatic rings.